The molecule has 2 aromatic carbocycles. The Morgan fingerprint density at radius 2 is 1.83 bits per heavy atom. The van der Waals surface area contributed by atoms with Crippen molar-refractivity contribution in [2.75, 3.05) is 29.8 Å². The summed E-state index contributed by atoms with van der Waals surface area (Å²) < 4.78 is 49.7. The second kappa shape index (κ2) is 9.35. The molecule has 11 heteroatoms. The SMILES string of the molecule is COc1ccc(S(=O)(=O)Nc2ccc3cnn(C4CCN(c5ncc(Cl)cc5F)CC4)c3c2)cc1. The van der Waals surface area contributed by atoms with E-state index in [1.165, 1.54) is 31.5 Å². The van der Waals surface area contributed by atoms with Crippen LogP contribution in [0.1, 0.15) is 18.9 Å². The highest BCUT2D eigenvalue weighted by atomic mass is 35.5. The largest absolute Gasteiger partial charge is 0.497 e. The number of aromatic nitrogens is 3. The number of hydrogen-bond donors (Lipinski definition) is 1. The number of anilines is 2. The summed E-state index contributed by atoms with van der Waals surface area (Å²) in [5.74, 6) is 0.442. The summed E-state index contributed by atoms with van der Waals surface area (Å²) in [5, 5.41) is 5.73. The zero-order valence-electron chi connectivity index (χ0n) is 18.9. The van der Waals surface area contributed by atoms with Crippen LogP contribution in [0.15, 0.2) is 65.8 Å². The van der Waals surface area contributed by atoms with E-state index in [4.69, 9.17) is 16.3 Å². The van der Waals surface area contributed by atoms with Crippen LogP contribution >= 0.6 is 11.6 Å². The zero-order valence-corrected chi connectivity index (χ0v) is 20.4. The van der Waals surface area contributed by atoms with E-state index in [9.17, 15) is 12.8 Å². The maximum absolute atomic E-state index is 14.3. The van der Waals surface area contributed by atoms with Crippen LogP contribution in [0.25, 0.3) is 10.9 Å². The molecule has 0 aliphatic carbocycles. The highest BCUT2D eigenvalue weighted by molar-refractivity contribution is 7.92. The average molecular weight is 516 g/mol. The van der Waals surface area contributed by atoms with Crippen LogP contribution in [0.3, 0.4) is 0 Å². The molecule has 0 bridgehead atoms. The summed E-state index contributed by atoms with van der Waals surface area (Å²) >= 11 is 5.82. The first-order valence-corrected chi connectivity index (χ1v) is 12.9. The van der Waals surface area contributed by atoms with Crippen molar-refractivity contribution in [3.63, 3.8) is 0 Å². The molecule has 0 unspecified atom stereocenters. The van der Waals surface area contributed by atoms with E-state index in [1.54, 1.807) is 30.5 Å². The van der Waals surface area contributed by atoms with Gasteiger partial charge in [0.15, 0.2) is 11.6 Å². The highest BCUT2D eigenvalue weighted by Crippen LogP contribution is 2.31. The molecule has 0 amide bonds. The second-order valence-electron chi connectivity index (χ2n) is 8.32. The van der Waals surface area contributed by atoms with Crippen LogP contribution in [0.5, 0.6) is 5.75 Å². The number of rotatable bonds is 6. The van der Waals surface area contributed by atoms with Gasteiger partial charge in [0.05, 0.1) is 40.5 Å². The molecule has 2 aromatic heterocycles. The lowest BCUT2D eigenvalue weighted by atomic mass is 10.0. The maximum atomic E-state index is 14.3. The third-order valence-corrected chi connectivity index (χ3v) is 7.72. The first-order chi connectivity index (χ1) is 16.8. The topological polar surface area (TPSA) is 89.3 Å². The fraction of sp³-hybridized carbons (Fsp3) is 0.250. The summed E-state index contributed by atoms with van der Waals surface area (Å²) in [4.78, 5) is 6.19. The van der Waals surface area contributed by atoms with Crippen molar-refractivity contribution in [3.8, 4) is 5.75 Å². The van der Waals surface area contributed by atoms with Gasteiger partial charge in [-0.15, -0.1) is 0 Å². The van der Waals surface area contributed by atoms with Gasteiger partial charge in [0, 0.05) is 24.7 Å². The normalized spacial score (nSPS) is 14.9. The molecule has 0 spiro atoms. The van der Waals surface area contributed by atoms with Crippen LogP contribution in [0.2, 0.25) is 5.02 Å². The molecular weight excluding hydrogens is 493 g/mol. The summed E-state index contributed by atoms with van der Waals surface area (Å²) in [6.45, 7) is 1.22. The number of halogens is 2. The Hall–Kier alpha value is -3.37. The minimum atomic E-state index is -3.77. The quantitative estimate of drug-likeness (QED) is 0.394. The number of methoxy groups -OCH3 is 1. The van der Waals surface area contributed by atoms with E-state index in [2.05, 4.69) is 14.8 Å². The molecule has 1 fully saturated rings. The molecule has 4 aromatic rings. The number of fused-ring (bicyclic) bond motifs is 1. The fourth-order valence-corrected chi connectivity index (χ4v) is 5.52. The van der Waals surface area contributed by atoms with E-state index in [1.807, 2.05) is 15.6 Å². The summed E-state index contributed by atoms with van der Waals surface area (Å²) in [7, 11) is -2.24. The number of benzene rings is 2. The monoisotopic (exact) mass is 515 g/mol. The molecule has 1 saturated heterocycles. The number of ether oxygens (including phenoxy) is 1. The van der Waals surface area contributed by atoms with Crippen molar-refractivity contribution in [2.45, 2.75) is 23.8 Å². The minimum Gasteiger partial charge on any atom is -0.497 e. The zero-order chi connectivity index (χ0) is 24.6. The molecule has 182 valence electrons. The van der Waals surface area contributed by atoms with Gasteiger partial charge in [-0.05, 0) is 61.4 Å². The van der Waals surface area contributed by atoms with Crippen LogP contribution < -0.4 is 14.4 Å². The lowest BCUT2D eigenvalue weighted by Crippen LogP contribution is -2.36. The van der Waals surface area contributed by atoms with Crippen molar-refractivity contribution >= 4 is 44.0 Å². The van der Waals surface area contributed by atoms with Crippen LogP contribution in [-0.2, 0) is 10.0 Å². The molecule has 5 rings (SSSR count). The highest BCUT2D eigenvalue weighted by Gasteiger charge is 2.25. The third-order valence-electron chi connectivity index (χ3n) is 6.12. The Bertz CT molecular complexity index is 1470. The summed E-state index contributed by atoms with van der Waals surface area (Å²) in [5.41, 5.74) is 1.27. The van der Waals surface area contributed by atoms with Gasteiger partial charge < -0.3 is 9.64 Å². The number of hydrogen-bond acceptors (Lipinski definition) is 6. The van der Waals surface area contributed by atoms with Crippen molar-refractivity contribution in [1.29, 1.82) is 0 Å². The Kier molecular flexibility index (Phi) is 6.24. The van der Waals surface area contributed by atoms with Crippen molar-refractivity contribution < 1.29 is 17.5 Å². The molecule has 0 saturated carbocycles. The van der Waals surface area contributed by atoms with Gasteiger partial charge >= 0.3 is 0 Å². The molecule has 1 aliphatic rings. The Balaban J connectivity index is 1.34. The number of nitrogens with zero attached hydrogens (tertiary/aromatic N) is 4. The van der Waals surface area contributed by atoms with E-state index >= 15 is 0 Å². The Labute approximate surface area is 207 Å². The van der Waals surface area contributed by atoms with Gasteiger partial charge in [0.25, 0.3) is 10.0 Å². The van der Waals surface area contributed by atoms with Gasteiger partial charge in [-0.1, -0.05) is 11.6 Å². The predicted octanol–water partition coefficient (Wildman–Crippen LogP) is 4.87. The minimum absolute atomic E-state index is 0.0903. The second-order valence-corrected chi connectivity index (χ2v) is 10.4. The van der Waals surface area contributed by atoms with Crippen LogP contribution in [0.4, 0.5) is 15.9 Å². The predicted molar refractivity (Wildman–Crippen MR) is 133 cm³/mol. The van der Waals surface area contributed by atoms with Crippen LogP contribution in [-0.4, -0.2) is 43.4 Å². The third kappa shape index (κ3) is 4.76. The molecule has 35 heavy (non-hydrogen) atoms. The van der Waals surface area contributed by atoms with Gasteiger partial charge in [-0.3, -0.25) is 9.40 Å². The van der Waals surface area contributed by atoms with Gasteiger partial charge in [0.1, 0.15) is 5.75 Å². The molecule has 3 heterocycles. The number of piperidine rings is 1. The molecular formula is C24H23ClFN5O3S. The first-order valence-electron chi connectivity index (χ1n) is 11.0. The smallest absolute Gasteiger partial charge is 0.261 e. The van der Waals surface area contributed by atoms with Crippen molar-refractivity contribution in [3.05, 3.63) is 71.8 Å². The summed E-state index contributed by atoms with van der Waals surface area (Å²) in [6.07, 6.45) is 4.69. The first kappa shape index (κ1) is 23.4. The van der Waals surface area contributed by atoms with E-state index in [0.717, 1.165) is 23.7 Å². The van der Waals surface area contributed by atoms with Crippen LogP contribution in [0, 0.1) is 5.82 Å². The molecule has 0 atom stereocenters. The molecule has 8 nitrogen and oxygen atoms in total. The van der Waals surface area contributed by atoms with E-state index < -0.39 is 15.8 Å². The van der Waals surface area contributed by atoms with Gasteiger partial charge in [-0.25, -0.2) is 17.8 Å². The Morgan fingerprint density at radius 3 is 2.51 bits per heavy atom. The molecule has 0 radical (unpaired) electrons. The number of nitrogens with one attached hydrogen (secondary N) is 1. The lowest BCUT2D eigenvalue weighted by molar-refractivity contribution is 0.373. The Morgan fingerprint density at radius 1 is 1.09 bits per heavy atom. The van der Waals surface area contributed by atoms with E-state index in [-0.39, 0.29) is 16.0 Å². The number of sulfonamides is 1. The average Bonchev–Trinajstić information content (AvgIpc) is 3.27. The van der Waals surface area contributed by atoms with E-state index in [0.29, 0.717) is 30.3 Å². The molecule has 1 aliphatic heterocycles. The number of pyridine rings is 1. The fourth-order valence-electron chi connectivity index (χ4n) is 4.32. The van der Waals surface area contributed by atoms with Gasteiger partial charge in [0.2, 0.25) is 0 Å². The standard InChI is InChI=1S/C24H23ClFN5O3S/c1-34-20-4-6-21(7-5-20)35(32,33)29-18-3-2-16-14-28-31(23(16)13-18)19-8-10-30(11-9-19)24-22(26)12-17(25)15-27-24/h2-7,12-15,19,29H,8-11H2,1H3. The summed E-state index contributed by atoms with van der Waals surface area (Å²) in [6, 6.07) is 12.9. The molecule has 1 N–H and O–H groups in total. The van der Waals surface area contributed by atoms with Crippen molar-refractivity contribution in [2.24, 2.45) is 0 Å². The van der Waals surface area contributed by atoms with Gasteiger partial charge in [-0.2, -0.15) is 5.10 Å². The lowest BCUT2D eigenvalue weighted by Gasteiger charge is -2.33. The van der Waals surface area contributed by atoms with Crippen molar-refractivity contribution in [1.82, 2.24) is 14.8 Å². The maximum Gasteiger partial charge on any atom is 0.261 e.